The number of benzene rings is 1. The second kappa shape index (κ2) is 9.86. The summed E-state index contributed by atoms with van der Waals surface area (Å²) in [6, 6.07) is 5.88. The van der Waals surface area contributed by atoms with Crippen LogP contribution in [0.2, 0.25) is 0 Å². The predicted octanol–water partition coefficient (Wildman–Crippen LogP) is 4.13. The van der Waals surface area contributed by atoms with Crippen molar-refractivity contribution >= 4 is 18.2 Å². The molecular weight excluding hydrogens is 298 g/mol. The van der Waals surface area contributed by atoms with Gasteiger partial charge in [-0.25, -0.2) is 0 Å². The molecule has 0 amide bonds. The normalized spacial score (nSPS) is 14.6. The van der Waals surface area contributed by atoms with Gasteiger partial charge in [-0.2, -0.15) is 0 Å². The van der Waals surface area contributed by atoms with Crippen molar-refractivity contribution in [3.63, 3.8) is 0 Å². The standard InChI is InChI=1S/C18H27NO2.ClH/c1-3-13-21-18-8-7-16(14-15(18)4-2)17(20)9-12-19-10-5-6-11-19;/h7-8,14H,3-6,9-13H2,1-2H3;1H. The van der Waals surface area contributed by atoms with Gasteiger partial charge >= 0.3 is 0 Å². The van der Waals surface area contributed by atoms with Crippen molar-refractivity contribution in [3.05, 3.63) is 29.3 Å². The van der Waals surface area contributed by atoms with Gasteiger partial charge < -0.3 is 9.64 Å². The molecule has 0 atom stereocenters. The Hall–Kier alpha value is -1.06. The van der Waals surface area contributed by atoms with Gasteiger partial charge in [-0.15, -0.1) is 12.4 Å². The molecule has 124 valence electrons. The number of carbonyl (C=O) groups excluding carboxylic acids is 1. The number of Topliss-reactive ketones (excluding diaryl/α,β-unsaturated/α-hetero) is 1. The molecule has 1 aliphatic rings. The van der Waals surface area contributed by atoms with Gasteiger partial charge in [0.15, 0.2) is 5.78 Å². The van der Waals surface area contributed by atoms with Crippen LogP contribution in [0.5, 0.6) is 5.75 Å². The van der Waals surface area contributed by atoms with E-state index in [9.17, 15) is 4.79 Å². The first kappa shape index (κ1) is 19.0. The second-order valence-electron chi connectivity index (χ2n) is 5.75. The fourth-order valence-corrected chi connectivity index (χ4v) is 2.79. The third-order valence-electron chi connectivity index (χ3n) is 4.08. The summed E-state index contributed by atoms with van der Waals surface area (Å²) in [5.41, 5.74) is 1.96. The molecule has 0 bridgehead atoms. The molecule has 2 rings (SSSR count). The fraction of sp³-hybridized carbons (Fsp3) is 0.611. The van der Waals surface area contributed by atoms with E-state index in [1.165, 1.54) is 12.8 Å². The van der Waals surface area contributed by atoms with E-state index in [0.29, 0.717) is 6.42 Å². The van der Waals surface area contributed by atoms with E-state index >= 15 is 0 Å². The minimum Gasteiger partial charge on any atom is -0.493 e. The molecule has 0 spiro atoms. The van der Waals surface area contributed by atoms with Crippen molar-refractivity contribution in [2.75, 3.05) is 26.2 Å². The third kappa shape index (κ3) is 5.29. The number of hydrogen-bond donors (Lipinski definition) is 0. The summed E-state index contributed by atoms with van der Waals surface area (Å²) in [6.45, 7) is 8.13. The average Bonchev–Trinajstić information content (AvgIpc) is 3.03. The number of ether oxygens (including phenoxy) is 1. The smallest absolute Gasteiger partial charge is 0.164 e. The Morgan fingerprint density at radius 1 is 1.23 bits per heavy atom. The molecule has 0 saturated carbocycles. The Morgan fingerprint density at radius 2 is 1.95 bits per heavy atom. The lowest BCUT2D eigenvalue weighted by atomic mass is 10.0. The van der Waals surface area contributed by atoms with Crippen LogP contribution in [0.15, 0.2) is 18.2 Å². The number of likely N-dealkylation sites (tertiary alicyclic amines) is 1. The van der Waals surface area contributed by atoms with Crippen LogP contribution in [0.3, 0.4) is 0 Å². The zero-order valence-corrected chi connectivity index (χ0v) is 14.6. The van der Waals surface area contributed by atoms with Gasteiger partial charge in [0.05, 0.1) is 6.61 Å². The summed E-state index contributed by atoms with van der Waals surface area (Å²) >= 11 is 0. The predicted molar refractivity (Wildman–Crippen MR) is 93.5 cm³/mol. The van der Waals surface area contributed by atoms with E-state index in [1.54, 1.807) is 0 Å². The first-order valence-corrected chi connectivity index (χ1v) is 8.25. The molecule has 4 heteroatoms. The monoisotopic (exact) mass is 325 g/mol. The van der Waals surface area contributed by atoms with E-state index in [2.05, 4.69) is 18.7 Å². The van der Waals surface area contributed by atoms with Gasteiger partial charge in [0, 0.05) is 18.5 Å². The Kier molecular flexibility index (Phi) is 8.51. The van der Waals surface area contributed by atoms with Crippen molar-refractivity contribution < 1.29 is 9.53 Å². The first-order chi connectivity index (χ1) is 10.2. The average molecular weight is 326 g/mol. The molecule has 0 unspecified atom stereocenters. The van der Waals surface area contributed by atoms with Gasteiger partial charge in [0.1, 0.15) is 5.75 Å². The van der Waals surface area contributed by atoms with Crippen LogP contribution in [0.1, 0.15) is 55.5 Å². The maximum atomic E-state index is 12.3. The first-order valence-electron chi connectivity index (χ1n) is 8.25. The molecule has 1 aromatic rings. The summed E-state index contributed by atoms with van der Waals surface area (Å²) in [5, 5.41) is 0. The molecule has 0 aliphatic carbocycles. The highest BCUT2D eigenvalue weighted by atomic mass is 35.5. The minimum atomic E-state index is 0. The van der Waals surface area contributed by atoms with Gasteiger partial charge in [0.2, 0.25) is 0 Å². The lowest BCUT2D eigenvalue weighted by molar-refractivity contribution is 0.0969. The van der Waals surface area contributed by atoms with Gasteiger partial charge in [-0.05, 0) is 62.5 Å². The fourth-order valence-electron chi connectivity index (χ4n) is 2.79. The lowest BCUT2D eigenvalue weighted by Crippen LogP contribution is -2.22. The van der Waals surface area contributed by atoms with E-state index in [1.807, 2.05) is 18.2 Å². The number of ketones is 1. The zero-order valence-electron chi connectivity index (χ0n) is 13.8. The van der Waals surface area contributed by atoms with Gasteiger partial charge in [-0.3, -0.25) is 4.79 Å². The molecule has 1 aromatic carbocycles. The van der Waals surface area contributed by atoms with Crippen molar-refractivity contribution in [3.8, 4) is 5.75 Å². The summed E-state index contributed by atoms with van der Waals surface area (Å²) in [6.07, 6.45) is 5.07. The molecule has 22 heavy (non-hydrogen) atoms. The van der Waals surface area contributed by atoms with Crippen molar-refractivity contribution in [1.29, 1.82) is 0 Å². The number of halogens is 1. The minimum absolute atomic E-state index is 0. The number of aryl methyl sites for hydroxylation is 1. The molecule has 0 N–H and O–H groups in total. The largest absolute Gasteiger partial charge is 0.493 e. The Labute approximate surface area is 140 Å². The maximum absolute atomic E-state index is 12.3. The Morgan fingerprint density at radius 3 is 2.59 bits per heavy atom. The molecule has 1 saturated heterocycles. The van der Waals surface area contributed by atoms with Crippen LogP contribution in [0.25, 0.3) is 0 Å². The highest BCUT2D eigenvalue weighted by molar-refractivity contribution is 5.96. The lowest BCUT2D eigenvalue weighted by Gasteiger charge is -2.14. The number of hydrogen-bond acceptors (Lipinski definition) is 3. The van der Waals surface area contributed by atoms with Crippen LogP contribution >= 0.6 is 12.4 Å². The van der Waals surface area contributed by atoms with Crippen LogP contribution in [-0.4, -0.2) is 36.9 Å². The van der Waals surface area contributed by atoms with Crippen molar-refractivity contribution in [2.24, 2.45) is 0 Å². The summed E-state index contributed by atoms with van der Waals surface area (Å²) < 4.78 is 5.73. The highest BCUT2D eigenvalue weighted by Crippen LogP contribution is 2.22. The zero-order chi connectivity index (χ0) is 15.1. The topological polar surface area (TPSA) is 29.5 Å². The highest BCUT2D eigenvalue weighted by Gasteiger charge is 2.14. The van der Waals surface area contributed by atoms with Crippen LogP contribution < -0.4 is 4.74 Å². The van der Waals surface area contributed by atoms with E-state index in [0.717, 1.165) is 56.0 Å². The van der Waals surface area contributed by atoms with E-state index in [-0.39, 0.29) is 18.2 Å². The van der Waals surface area contributed by atoms with E-state index in [4.69, 9.17) is 4.74 Å². The molecule has 0 aromatic heterocycles. The molecular formula is C18H28ClNO2. The summed E-state index contributed by atoms with van der Waals surface area (Å²) in [4.78, 5) is 14.7. The number of carbonyl (C=O) groups is 1. The molecule has 1 heterocycles. The maximum Gasteiger partial charge on any atom is 0.164 e. The van der Waals surface area contributed by atoms with Gasteiger partial charge in [-0.1, -0.05) is 13.8 Å². The van der Waals surface area contributed by atoms with Crippen LogP contribution in [0, 0.1) is 0 Å². The second-order valence-corrected chi connectivity index (χ2v) is 5.75. The molecule has 1 aliphatic heterocycles. The van der Waals surface area contributed by atoms with Crippen LogP contribution in [0.4, 0.5) is 0 Å². The Balaban J connectivity index is 0.00000242. The quantitative estimate of drug-likeness (QED) is 0.673. The van der Waals surface area contributed by atoms with Crippen LogP contribution in [-0.2, 0) is 6.42 Å². The summed E-state index contributed by atoms with van der Waals surface area (Å²) in [5.74, 6) is 1.18. The molecule has 1 fully saturated rings. The molecule has 0 radical (unpaired) electrons. The Bertz CT molecular complexity index is 470. The number of rotatable bonds is 8. The third-order valence-corrected chi connectivity index (χ3v) is 4.08. The van der Waals surface area contributed by atoms with Gasteiger partial charge in [0.25, 0.3) is 0 Å². The number of nitrogens with zero attached hydrogens (tertiary/aromatic N) is 1. The molecule has 3 nitrogen and oxygen atoms in total. The van der Waals surface area contributed by atoms with Crippen molar-refractivity contribution in [1.82, 2.24) is 4.90 Å². The SMILES string of the molecule is CCCOc1ccc(C(=O)CCN2CCCC2)cc1CC.Cl. The van der Waals surface area contributed by atoms with Crippen molar-refractivity contribution in [2.45, 2.75) is 46.0 Å². The summed E-state index contributed by atoms with van der Waals surface area (Å²) in [7, 11) is 0. The van der Waals surface area contributed by atoms with E-state index < -0.39 is 0 Å².